The highest BCUT2D eigenvalue weighted by Crippen LogP contribution is 2.46. The van der Waals surface area contributed by atoms with E-state index in [9.17, 15) is 4.79 Å². The van der Waals surface area contributed by atoms with Crippen molar-refractivity contribution < 1.29 is 4.79 Å². The zero-order valence-corrected chi connectivity index (χ0v) is 12.5. The molecule has 2 heterocycles. The quantitative estimate of drug-likeness (QED) is 0.798. The van der Waals surface area contributed by atoms with E-state index in [0.29, 0.717) is 0 Å². The zero-order chi connectivity index (χ0) is 14.2. The predicted octanol–water partition coefficient (Wildman–Crippen LogP) is 3.80. The summed E-state index contributed by atoms with van der Waals surface area (Å²) in [5.74, 6) is 2.18. The predicted molar refractivity (Wildman–Crippen MR) is 84.0 cm³/mol. The minimum atomic E-state index is -0.257. The van der Waals surface area contributed by atoms with Crippen LogP contribution in [-0.2, 0) is 16.6 Å². The number of fused-ring (bicyclic) bond motifs is 1. The second-order valence-electron chi connectivity index (χ2n) is 5.63. The number of rotatable bonds is 3. The minimum Gasteiger partial charge on any atom is -0.335 e. The lowest BCUT2D eigenvalue weighted by Crippen LogP contribution is -2.28. The van der Waals surface area contributed by atoms with E-state index in [1.807, 2.05) is 12.1 Å². The third-order valence-electron chi connectivity index (χ3n) is 4.03. The third kappa shape index (κ3) is 2.00. The van der Waals surface area contributed by atoms with Gasteiger partial charge < -0.3 is 4.90 Å². The zero-order valence-electron chi connectivity index (χ0n) is 11.7. The Bertz CT molecular complexity index is 666. The summed E-state index contributed by atoms with van der Waals surface area (Å²) in [6, 6.07) is 10.4. The van der Waals surface area contributed by atoms with E-state index in [0.717, 1.165) is 24.4 Å². The van der Waals surface area contributed by atoms with Crippen LogP contribution in [0.2, 0.25) is 0 Å². The van der Waals surface area contributed by atoms with Crippen molar-refractivity contribution in [3.8, 4) is 0 Å². The highest BCUT2D eigenvalue weighted by molar-refractivity contribution is 7.07. The summed E-state index contributed by atoms with van der Waals surface area (Å²) in [5.41, 5.74) is 4.17. The van der Waals surface area contributed by atoms with Crippen LogP contribution >= 0.6 is 11.3 Å². The largest absolute Gasteiger partial charge is 0.335 e. The van der Waals surface area contributed by atoms with Crippen LogP contribution in [0.4, 0.5) is 5.69 Å². The standard InChI is InChI=1S/C17H17NOS/c1-17(2)14-5-3-4-6-15(14)18(16(17)11-19)9-7-13-8-10-20-12-13/h3-6,8,10,12H,7,9H2,1-2H3. The highest BCUT2D eigenvalue weighted by atomic mass is 32.1. The molecule has 1 aliphatic heterocycles. The minimum absolute atomic E-state index is 0.257. The first kappa shape index (κ1) is 13.2. The summed E-state index contributed by atoms with van der Waals surface area (Å²) in [7, 11) is 0. The van der Waals surface area contributed by atoms with Crippen molar-refractivity contribution in [1.29, 1.82) is 0 Å². The molecule has 0 fully saturated rings. The van der Waals surface area contributed by atoms with Gasteiger partial charge in [0.1, 0.15) is 11.6 Å². The first-order valence-electron chi connectivity index (χ1n) is 6.78. The molecule has 3 rings (SSSR count). The SMILES string of the molecule is CC1(C)C(=C=O)N(CCc2ccsc2)c2ccccc21. The van der Waals surface area contributed by atoms with Gasteiger partial charge in [-0.3, -0.25) is 0 Å². The maximum absolute atomic E-state index is 11.5. The molecule has 20 heavy (non-hydrogen) atoms. The van der Waals surface area contributed by atoms with Gasteiger partial charge in [-0.15, -0.1) is 0 Å². The van der Waals surface area contributed by atoms with E-state index in [2.05, 4.69) is 53.6 Å². The normalized spacial score (nSPS) is 16.1. The van der Waals surface area contributed by atoms with Crippen molar-refractivity contribution in [3.05, 3.63) is 57.9 Å². The van der Waals surface area contributed by atoms with Crippen molar-refractivity contribution in [3.63, 3.8) is 0 Å². The molecule has 0 N–H and O–H groups in total. The average Bonchev–Trinajstić information content (AvgIpc) is 3.02. The van der Waals surface area contributed by atoms with Crippen LogP contribution in [0.25, 0.3) is 0 Å². The number of carbonyl (C=O) groups excluding carboxylic acids is 1. The molecule has 0 spiro atoms. The Morgan fingerprint density at radius 1 is 1.25 bits per heavy atom. The average molecular weight is 283 g/mol. The van der Waals surface area contributed by atoms with E-state index in [1.54, 1.807) is 11.3 Å². The summed E-state index contributed by atoms with van der Waals surface area (Å²) < 4.78 is 0. The molecule has 0 unspecified atom stereocenters. The number of para-hydroxylation sites is 1. The molecule has 2 nitrogen and oxygen atoms in total. The van der Waals surface area contributed by atoms with Crippen molar-refractivity contribution in [2.45, 2.75) is 25.7 Å². The molecule has 3 heteroatoms. The summed E-state index contributed by atoms with van der Waals surface area (Å²) in [4.78, 5) is 13.6. The lowest BCUT2D eigenvalue weighted by molar-refractivity contribution is 0.554. The topological polar surface area (TPSA) is 20.3 Å². The number of nitrogens with zero attached hydrogens (tertiary/aromatic N) is 1. The fraction of sp³-hybridized carbons (Fsp3) is 0.294. The van der Waals surface area contributed by atoms with E-state index >= 15 is 0 Å². The van der Waals surface area contributed by atoms with Crippen LogP contribution in [0.1, 0.15) is 25.0 Å². The summed E-state index contributed by atoms with van der Waals surface area (Å²) in [5, 5.41) is 4.26. The number of hydrogen-bond acceptors (Lipinski definition) is 3. The molecule has 0 atom stereocenters. The van der Waals surface area contributed by atoms with Crippen LogP contribution in [0, 0.1) is 0 Å². The molecule has 0 bridgehead atoms. The van der Waals surface area contributed by atoms with Gasteiger partial charge in [0.15, 0.2) is 0 Å². The maximum Gasteiger partial charge on any atom is 0.147 e. The van der Waals surface area contributed by atoms with Crippen LogP contribution < -0.4 is 4.90 Å². The van der Waals surface area contributed by atoms with Gasteiger partial charge in [0.05, 0.1) is 0 Å². The van der Waals surface area contributed by atoms with Gasteiger partial charge >= 0.3 is 0 Å². The highest BCUT2D eigenvalue weighted by Gasteiger charge is 2.40. The molecule has 1 aliphatic rings. The molecule has 2 aromatic rings. The van der Waals surface area contributed by atoms with Gasteiger partial charge in [0.25, 0.3) is 0 Å². The molecule has 1 aromatic heterocycles. The van der Waals surface area contributed by atoms with E-state index in [-0.39, 0.29) is 5.41 Å². The van der Waals surface area contributed by atoms with Gasteiger partial charge in [0, 0.05) is 17.6 Å². The molecular weight excluding hydrogens is 266 g/mol. The number of benzene rings is 1. The molecule has 1 aromatic carbocycles. The van der Waals surface area contributed by atoms with Crippen LogP contribution in [0.15, 0.2) is 46.8 Å². The molecular formula is C17H17NOS. The van der Waals surface area contributed by atoms with Gasteiger partial charge in [0.2, 0.25) is 0 Å². The first-order chi connectivity index (χ1) is 9.64. The fourth-order valence-electron chi connectivity index (χ4n) is 2.91. The first-order valence-corrected chi connectivity index (χ1v) is 7.72. The van der Waals surface area contributed by atoms with Crippen molar-refractivity contribution in [2.24, 2.45) is 0 Å². The van der Waals surface area contributed by atoms with Crippen LogP contribution in [0.3, 0.4) is 0 Å². The molecule has 0 saturated carbocycles. The fourth-order valence-corrected chi connectivity index (χ4v) is 3.62. The second kappa shape index (κ2) is 4.93. The Morgan fingerprint density at radius 3 is 2.75 bits per heavy atom. The van der Waals surface area contributed by atoms with Crippen LogP contribution in [-0.4, -0.2) is 12.5 Å². The van der Waals surface area contributed by atoms with E-state index in [1.165, 1.54) is 11.1 Å². The van der Waals surface area contributed by atoms with Gasteiger partial charge in [-0.05, 0) is 54.3 Å². The van der Waals surface area contributed by atoms with E-state index < -0.39 is 0 Å². The molecule has 102 valence electrons. The smallest absolute Gasteiger partial charge is 0.147 e. The molecule has 0 saturated heterocycles. The molecule has 0 radical (unpaired) electrons. The lowest BCUT2D eigenvalue weighted by Gasteiger charge is -2.23. The summed E-state index contributed by atoms with van der Waals surface area (Å²) >= 11 is 1.71. The molecule has 0 aliphatic carbocycles. The number of allylic oxidation sites excluding steroid dienone is 1. The Labute approximate surface area is 123 Å². The van der Waals surface area contributed by atoms with Gasteiger partial charge in [-0.25, -0.2) is 4.79 Å². The Balaban J connectivity index is 1.95. The lowest BCUT2D eigenvalue weighted by atomic mass is 9.84. The Morgan fingerprint density at radius 2 is 2.05 bits per heavy atom. The van der Waals surface area contributed by atoms with Gasteiger partial charge in [-0.1, -0.05) is 18.2 Å². The maximum atomic E-state index is 11.5. The number of thiophene rings is 1. The number of hydrogen-bond donors (Lipinski definition) is 0. The summed E-state index contributed by atoms with van der Waals surface area (Å²) in [6.45, 7) is 5.01. The summed E-state index contributed by atoms with van der Waals surface area (Å²) in [6.07, 6.45) is 0.944. The Kier molecular flexibility index (Phi) is 3.25. The van der Waals surface area contributed by atoms with Crippen LogP contribution in [0.5, 0.6) is 0 Å². The van der Waals surface area contributed by atoms with E-state index in [4.69, 9.17) is 0 Å². The third-order valence-corrected chi connectivity index (χ3v) is 4.76. The van der Waals surface area contributed by atoms with Crippen molar-refractivity contribution >= 4 is 23.0 Å². The van der Waals surface area contributed by atoms with Gasteiger partial charge in [-0.2, -0.15) is 11.3 Å². The van der Waals surface area contributed by atoms with Crippen molar-refractivity contribution in [2.75, 3.05) is 11.4 Å². The molecule has 0 amide bonds. The second-order valence-corrected chi connectivity index (χ2v) is 6.41. The van der Waals surface area contributed by atoms with Crippen molar-refractivity contribution in [1.82, 2.24) is 0 Å². The number of anilines is 1. The Hall–Kier alpha value is -1.83. The monoisotopic (exact) mass is 283 g/mol.